The van der Waals surface area contributed by atoms with Crippen LogP contribution in [0.2, 0.25) is 0 Å². The highest BCUT2D eigenvalue weighted by molar-refractivity contribution is 5.95. The Hall–Kier alpha value is -2.50. The minimum absolute atomic E-state index is 0.0546. The fourth-order valence-corrected chi connectivity index (χ4v) is 1.67. The molecule has 0 unspecified atom stereocenters. The van der Waals surface area contributed by atoms with Crippen LogP contribution in [0.15, 0.2) is 30.6 Å². The van der Waals surface area contributed by atoms with Gasteiger partial charge in [-0.25, -0.2) is 4.98 Å². The number of nitrogens with two attached hydrogens (primary N) is 1. The summed E-state index contributed by atoms with van der Waals surface area (Å²) in [5.41, 5.74) is 7.81. The topological polar surface area (TPSA) is 87.0 Å². The number of hydrogen-bond donors (Lipinski definition) is 3. The lowest BCUT2D eigenvalue weighted by Crippen LogP contribution is -2.21. The number of aromatic nitrogens is 2. The first-order valence-corrected chi connectivity index (χ1v) is 5.91. The number of aromatic amines is 1. The van der Waals surface area contributed by atoms with E-state index in [-0.39, 0.29) is 5.91 Å². The maximum atomic E-state index is 11.9. The van der Waals surface area contributed by atoms with Crippen LogP contribution in [-0.2, 0) is 6.54 Å². The number of imidazole rings is 1. The quantitative estimate of drug-likeness (QED) is 0.722. The Labute approximate surface area is 111 Å². The van der Waals surface area contributed by atoms with Gasteiger partial charge in [0.25, 0.3) is 5.91 Å². The fourth-order valence-electron chi connectivity index (χ4n) is 1.67. The van der Waals surface area contributed by atoms with Gasteiger partial charge in [-0.1, -0.05) is 0 Å². The van der Waals surface area contributed by atoms with E-state index in [1.807, 2.05) is 0 Å². The minimum Gasteiger partial charge on any atom is -0.397 e. The smallest absolute Gasteiger partial charge is 0.253 e. The van der Waals surface area contributed by atoms with Crippen LogP contribution in [0.4, 0.5) is 11.4 Å². The van der Waals surface area contributed by atoms with Crippen LogP contribution in [0.25, 0.3) is 0 Å². The largest absolute Gasteiger partial charge is 0.397 e. The predicted octanol–water partition coefficient (Wildman–Crippen LogP) is 1.31. The highest BCUT2D eigenvalue weighted by atomic mass is 16.2. The van der Waals surface area contributed by atoms with Gasteiger partial charge in [0.15, 0.2) is 0 Å². The number of anilines is 2. The maximum Gasteiger partial charge on any atom is 0.253 e. The summed E-state index contributed by atoms with van der Waals surface area (Å²) in [5, 5.41) is 3.16. The summed E-state index contributed by atoms with van der Waals surface area (Å²) in [7, 11) is 3.43. The molecule has 2 rings (SSSR count). The Balaban J connectivity index is 2.15. The minimum atomic E-state index is -0.0546. The van der Waals surface area contributed by atoms with Gasteiger partial charge in [-0.05, 0) is 18.2 Å². The number of carbonyl (C=O) groups is 1. The lowest BCUT2D eigenvalue weighted by Gasteiger charge is -2.13. The van der Waals surface area contributed by atoms with Gasteiger partial charge in [-0.3, -0.25) is 4.79 Å². The Morgan fingerprint density at radius 2 is 2.26 bits per heavy atom. The molecule has 19 heavy (non-hydrogen) atoms. The summed E-state index contributed by atoms with van der Waals surface area (Å²) in [4.78, 5) is 20.5. The van der Waals surface area contributed by atoms with E-state index in [0.29, 0.717) is 17.8 Å². The third kappa shape index (κ3) is 3.04. The third-order valence-electron chi connectivity index (χ3n) is 2.71. The van der Waals surface area contributed by atoms with Crippen LogP contribution in [-0.4, -0.2) is 34.9 Å². The van der Waals surface area contributed by atoms with Crippen molar-refractivity contribution in [3.8, 4) is 0 Å². The number of benzene rings is 1. The van der Waals surface area contributed by atoms with E-state index in [1.165, 1.54) is 4.90 Å². The molecule has 6 nitrogen and oxygen atoms in total. The molecule has 1 amide bonds. The number of amides is 1. The number of nitrogens with one attached hydrogen (secondary N) is 2. The Kier molecular flexibility index (Phi) is 3.70. The van der Waals surface area contributed by atoms with Crippen LogP contribution in [0.3, 0.4) is 0 Å². The first-order chi connectivity index (χ1) is 9.08. The molecular weight excluding hydrogens is 242 g/mol. The zero-order valence-electron chi connectivity index (χ0n) is 11.0. The monoisotopic (exact) mass is 259 g/mol. The zero-order valence-corrected chi connectivity index (χ0v) is 11.0. The van der Waals surface area contributed by atoms with Crippen LogP contribution in [0.1, 0.15) is 16.2 Å². The van der Waals surface area contributed by atoms with Gasteiger partial charge in [0.05, 0.1) is 17.9 Å². The van der Waals surface area contributed by atoms with Gasteiger partial charge in [0.1, 0.15) is 5.82 Å². The summed E-state index contributed by atoms with van der Waals surface area (Å²) in [6.45, 7) is 0.525. The van der Waals surface area contributed by atoms with Crippen molar-refractivity contribution in [2.75, 3.05) is 25.1 Å². The Morgan fingerprint density at radius 1 is 1.47 bits per heavy atom. The molecular formula is C13H17N5O. The molecule has 0 spiro atoms. The van der Waals surface area contributed by atoms with Crippen molar-refractivity contribution in [3.05, 3.63) is 42.0 Å². The molecule has 0 bridgehead atoms. The Morgan fingerprint density at radius 3 is 2.89 bits per heavy atom. The van der Waals surface area contributed by atoms with Crippen LogP contribution in [0, 0.1) is 0 Å². The van der Waals surface area contributed by atoms with Crippen molar-refractivity contribution in [3.63, 3.8) is 0 Å². The molecule has 4 N–H and O–H groups in total. The summed E-state index contributed by atoms with van der Waals surface area (Å²) < 4.78 is 0. The van der Waals surface area contributed by atoms with Gasteiger partial charge in [0.2, 0.25) is 0 Å². The van der Waals surface area contributed by atoms with E-state index in [4.69, 9.17) is 5.73 Å². The average molecular weight is 259 g/mol. The van der Waals surface area contributed by atoms with Crippen LogP contribution >= 0.6 is 0 Å². The fraction of sp³-hybridized carbons (Fsp3) is 0.231. The van der Waals surface area contributed by atoms with Crippen molar-refractivity contribution < 1.29 is 4.79 Å². The molecule has 0 atom stereocenters. The average Bonchev–Trinajstić information content (AvgIpc) is 2.90. The molecule has 0 radical (unpaired) electrons. The van der Waals surface area contributed by atoms with E-state index in [0.717, 1.165) is 11.5 Å². The van der Waals surface area contributed by atoms with E-state index < -0.39 is 0 Å². The SMILES string of the molecule is CN(C)C(=O)c1ccc(N)c(NCc2ncc[nH]2)c1. The summed E-state index contributed by atoms with van der Waals surface area (Å²) in [6.07, 6.45) is 3.44. The first kappa shape index (κ1) is 12.9. The predicted molar refractivity (Wildman–Crippen MR) is 74.8 cm³/mol. The van der Waals surface area contributed by atoms with E-state index in [9.17, 15) is 4.79 Å². The normalized spacial score (nSPS) is 10.2. The van der Waals surface area contributed by atoms with Gasteiger partial charge < -0.3 is 20.9 Å². The van der Waals surface area contributed by atoms with Gasteiger partial charge in [0, 0.05) is 32.1 Å². The molecule has 2 aromatic rings. The van der Waals surface area contributed by atoms with Gasteiger partial charge in [-0.2, -0.15) is 0 Å². The number of hydrogen-bond acceptors (Lipinski definition) is 4. The molecule has 0 saturated heterocycles. The number of nitrogens with zero attached hydrogens (tertiary/aromatic N) is 2. The molecule has 1 aromatic carbocycles. The second-order valence-electron chi connectivity index (χ2n) is 4.39. The van der Waals surface area contributed by atoms with E-state index in [2.05, 4.69) is 15.3 Å². The van der Waals surface area contributed by atoms with Gasteiger partial charge >= 0.3 is 0 Å². The summed E-state index contributed by atoms with van der Waals surface area (Å²) >= 11 is 0. The van der Waals surface area contributed by atoms with Crippen molar-refractivity contribution in [2.24, 2.45) is 0 Å². The second-order valence-corrected chi connectivity index (χ2v) is 4.39. The highest BCUT2D eigenvalue weighted by Crippen LogP contribution is 2.21. The van der Waals surface area contributed by atoms with Crippen LogP contribution in [0.5, 0.6) is 0 Å². The highest BCUT2D eigenvalue weighted by Gasteiger charge is 2.10. The maximum absolute atomic E-state index is 11.9. The Bertz CT molecular complexity index is 562. The second kappa shape index (κ2) is 5.43. The molecule has 0 aliphatic rings. The van der Waals surface area contributed by atoms with Crippen molar-refractivity contribution in [2.45, 2.75) is 6.54 Å². The van der Waals surface area contributed by atoms with Crippen molar-refractivity contribution in [1.29, 1.82) is 0 Å². The molecule has 0 saturated carbocycles. The molecule has 0 aliphatic carbocycles. The molecule has 0 fully saturated rings. The molecule has 1 heterocycles. The van der Waals surface area contributed by atoms with Crippen molar-refractivity contribution in [1.82, 2.24) is 14.9 Å². The molecule has 6 heteroatoms. The van der Waals surface area contributed by atoms with E-state index >= 15 is 0 Å². The first-order valence-electron chi connectivity index (χ1n) is 5.91. The molecule has 100 valence electrons. The number of rotatable bonds is 4. The van der Waals surface area contributed by atoms with E-state index in [1.54, 1.807) is 44.7 Å². The number of carbonyl (C=O) groups excluding carboxylic acids is 1. The number of H-pyrrole nitrogens is 1. The standard InChI is InChI=1S/C13H17N5O/c1-18(2)13(19)9-3-4-10(14)11(7-9)17-8-12-15-5-6-16-12/h3-7,17H,8,14H2,1-2H3,(H,15,16). The lowest BCUT2D eigenvalue weighted by atomic mass is 10.1. The third-order valence-corrected chi connectivity index (χ3v) is 2.71. The van der Waals surface area contributed by atoms with Crippen LogP contribution < -0.4 is 11.1 Å². The summed E-state index contributed by atoms with van der Waals surface area (Å²) in [5.74, 6) is 0.754. The van der Waals surface area contributed by atoms with Gasteiger partial charge in [-0.15, -0.1) is 0 Å². The lowest BCUT2D eigenvalue weighted by molar-refractivity contribution is 0.0827. The molecule has 0 aliphatic heterocycles. The summed E-state index contributed by atoms with van der Waals surface area (Å²) in [6, 6.07) is 5.19. The number of nitrogen functional groups attached to an aromatic ring is 1. The van der Waals surface area contributed by atoms with Crippen molar-refractivity contribution >= 4 is 17.3 Å². The molecule has 1 aromatic heterocycles. The zero-order chi connectivity index (χ0) is 13.8.